The molecule has 1 saturated heterocycles. The largest absolute Gasteiger partial charge is 0.467 e. The first-order valence-electron chi connectivity index (χ1n) is 7.76. The van der Waals surface area contributed by atoms with Gasteiger partial charge in [0, 0.05) is 12.5 Å². The van der Waals surface area contributed by atoms with Gasteiger partial charge in [0.2, 0.25) is 5.91 Å². The smallest absolute Gasteiger partial charge is 0.328 e. The van der Waals surface area contributed by atoms with Crippen molar-refractivity contribution in [3.8, 4) is 0 Å². The van der Waals surface area contributed by atoms with Gasteiger partial charge in [-0.05, 0) is 43.2 Å². The number of hydrogen-bond donors (Lipinski definition) is 0. The number of amides is 1. The van der Waals surface area contributed by atoms with Crippen molar-refractivity contribution in [1.82, 2.24) is 4.90 Å². The van der Waals surface area contributed by atoms with Gasteiger partial charge in [-0.3, -0.25) is 4.79 Å². The second kappa shape index (κ2) is 6.07. The summed E-state index contributed by atoms with van der Waals surface area (Å²) in [4.78, 5) is 26.2. The van der Waals surface area contributed by atoms with Crippen molar-refractivity contribution in [3.05, 3.63) is 35.6 Å². The van der Waals surface area contributed by atoms with Gasteiger partial charge >= 0.3 is 5.97 Å². The maximum absolute atomic E-state index is 13.8. The third-order valence-corrected chi connectivity index (χ3v) is 4.67. The number of piperidine rings is 1. The van der Waals surface area contributed by atoms with E-state index in [1.165, 1.54) is 13.2 Å². The third kappa shape index (κ3) is 2.72. The Morgan fingerprint density at radius 3 is 2.77 bits per heavy atom. The minimum atomic E-state index is -0.479. The summed E-state index contributed by atoms with van der Waals surface area (Å²) in [6, 6.07) is 6.12. The lowest BCUT2D eigenvalue weighted by Crippen LogP contribution is -2.49. The highest BCUT2D eigenvalue weighted by atomic mass is 19.1. The fourth-order valence-corrected chi connectivity index (χ4v) is 3.38. The van der Waals surface area contributed by atoms with E-state index in [0.717, 1.165) is 12.8 Å². The lowest BCUT2D eigenvalue weighted by atomic mass is 10.0. The molecular weight excluding hydrogens is 285 g/mol. The minimum Gasteiger partial charge on any atom is -0.467 e. The molecule has 5 heteroatoms. The van der Waals surface area contributed by atoms with Crippen LogP contribution in [0, 0.1) is 11.7 Å². The van der Waals surface area contributed by atoms with Gasteiger partial charge in [0.25, 0.3) is 0 Å². The number of hydrogen-bond acceptors (Lipinski definition) is 3. The molecule has 2 aliphatic rings. The van der Waals surface area contributed by atoms with Crippen LogP contribution in [-0.2, 0) is 14.3 Å². The van der Waals surface area contributed by atoms with E-state index in [4.69, 9.17) is 4.74 Å². The molecule has 0 N–H and O–H groups in total. The predicted molar refractivity (Wildman–Crippen MR) is 78.6 cm³/mol. The number of esters is 1. The summed E-state index contributed by atoms with van der Waals surface area (Å²) in [5, 5.41) is 0. The molecular formula is C17H20FNO3. The molecule has 0 aromatic heterocycles. The van der Waals surface area contributed by atoms with E-state index in [1.54, 1.807) is 23.1 Å². The SMILES string of the molecule is COC(=O)C1CCCCN1C(=O)C1CC1c1ccccc1F. The molecule has 4 nitrogen and oxygen atoms in total. The van der Waals surface area contributed by atoms with Gasteiger partial charge in [-0.2, -0.15) is 0 Å². The van der Waals surface area contributed by atoms with Crippen molar-refractivity contribution in [2.45, 2.75) is 37.6 Å². The molecule has 22 heavy (non-hydrogen) atoms. The molecule has 0 radical (unpaired) electrons. The van der Waals surface area contributed by atoms with Crippen molar-refractivity contribution in [2.24, 2.45) is 5.92 Å². The average molecular weight is 305 g/mol. The van der Waals surface area contributed by atoms with E-state index in [-0.39, 0.29) is 29.5 Å². The highest BCUT2D eigenvalue weighted by molar-refractivity contribution is 5.88. The van der Waals surface area contributed by atoms with Gasteiger partial charge in [-0.25, -0.2) is 9.18 Å². The zero-order valence-electron chi connectivity index (χ0n) is 12.6. The molecule has 1 aromatic rings. The first kappa shape index (κ1) is 15.0. The quantitative estimate of drug-likeness (QED) is 0.806. The number of carbonyl (C=O) groups is 2. The molecule has 1 saturated carbocycles. The van der Waals surface area contributed by atoms with Crippen LogP contribution in [-0.4, -0.2) is 36.5 Å². The topological polar surface area (TPSA) is 46.6 Å². The second-order valence-electron chi connectivity index (χ2n) is 6.04. The molecule has 1 amide bonds. The second-order valence-corrected chi connectivity index (χ2v) is 6.04. The van der Waals surface area contributed by atoms with Gasteiger partial charge in [0.05, 0.1) is 7.11 Å². The number of rotatable bonds is 3. The van der Waals surface area contributed by atoms with Crippen LogP contribution in [0.3, 0.4) is 0 Å². The van der Waals surface area contributed by atoms with E-state index >= 15 is 0 Å². The van der Waals surface area contributed by atoms with Crippen molar-refractivity contribution in [3.63, 3.8) is 0 Å². The van der Waals surface area contributed by atoms with Crippen LogP contribution in [0.2, 0.25) is 0 Å². The Labute approximate surface area is 129 Å². The number of halogens is 1. The highest BCUT2D eigenvalue weighted by Gasteiger charge is 2.49. The summed E-state index contributed by atoms with van der Waals surface area (Å²) in [5.74, 6) is -0.915. The summed E-state index contributed by atoms with van der Waals surface area (Å²) < 4.78 is 18.6. The van der Waals surface area contributed by atoms with Crippen molar-refractivity contribution in [2.75, 3.05) is 13.7 Å². The molecule has 3 unspecified atom stereocenters. The zero-order valence-corrected chi connectivity index (χ0v) is 12.6. The van der Waals surface area contributed by atoms with E-state index in [0.29, 0.717) is 24.9 Å². The molecule has 1 heterocycles. The number of carbonyl (C=O) groups excluding carboxylic acids is 2. The Hall–Kier alpha value is -1.91. The van der Waals surface area contributed by atoms with Crippen LogP contribution in [0.1, 0.15) is 37.2 Å². The molecule has 3 atom stereocenters. The van der Waals surface area contributed by atoms with Gasteiger partial charge < -0.3 is 9.64 Å². The molecule has 1 aliphatic heterocycles. The summed E-state index contributed by atoms with van der Waals surface area (Å²) in [6.45, 7) is 0.582. The van der Waals surface area contributed by atoms with Gasteiger partial charge in [0.1, 0.15) is 11.9 Å². The fourth-order valence-electron chi connectivity index (χ4n) is 3.38. The van der Waals surface area contributed by atoms with Crippen LogP contribution in [0.5, 0.6) is 0 Å². The van der Waals surface area contributed by atoms with Crippen molar-refractivity contribution in [1.29, 1.82) is 0 Å². The average Bonchev–Trinajstić information content (AvgIpc) is 3.34. The number of ether oxygens (including phenoxy) is 1. The zero-order chi connectivity index (χ0) is 15.7. The monoisotopic (exact) mass is 305 g/mol. The van der Waals surface area contributed by atoms with Crippen LogP contribution < -0.4 is 0 Å². The molecule has 0 spiro atoms. The van der Waals surface area contributed by atoms with Crippen molar-refractivity contribution >= 4 is 11.9 Å². The Balaban J connectivity index is 1.72. The van der Waals surface area contributed by atoms with E-state index < -0.39 is 6.04 Å². The molecule has 3 rings (SSSR count). The minimum absolute atomic E-state index is 0.0386. The van der Waals surface area contributed by atoms with E-state index in [2.05, 4.69) is 0 Å². The summed E-state index contributed by atoms with van der Waals surface area (Å²) in [5.41, 5.74) is 0.604. The van der Waals surface area contributed by atoms with E-state index in [9.17, 15) is 14.0 Å². The first-order valence-corrected chi connectivity index (χ1v) is 7.76. The van der Waals surface area contributed by atoms with E-state index in [1.807, 2.05) is 0 Å². The fraction of sp³-hybridized carbons (Fsp3) is 0.529. The van der Waals surface area contributed by atoms with Gasteiger partial charge in [0.15, 0.2) is 0 Å². The number of methoxy groups -OCH3 is 1. The summed E-state index contributed by atoms with van der Waals surface area (Å²) in [7, 11) is 1.35. The number of nitrogens with zero attached hydrogens (tertiary/aromatic N) is 1. The number of benzene rings is 1. The Kier molecular flexibility index (Phi) is 4.14. The third-order valence-electron chi connectivity index (χ3n) is 4.67. The maximum atomic E-state index is 13.8. The van der Waals surface area contributed by atoms with Gasteiger partial charge in [-0.15, -0.1) is 0 Å². The summed E-state index contributed by atoms with van der Waals surface area (Å²) >= 11 is 0. The number of likely N-dealkylation sites (tertiary alicyclic amines) is 1. The first-order chi connectivity index (χ1) is 10.6. The lowest BCUT2D eigenvalue weighted by Gasteiger charge is -2.34. The van der Waals surface area contributed by atoms with Crippen LogP contribution in [0.15, 0.2) is 24.3 Å². The molecule has 1 aliphatic carbocycles. The standard InChI is InChI=1S/C17H20FNO3/c1-22-17(21)15-8-4-5-9-19(15)16(20)13-10-12(13)11-6-2-3-7-14(11)18/h2-3,6-7,12-13,15H,4-5,8-10H2,1H3. The maximum Gasteiger partial charge on any atom is 0.328 e. The van der Waals surface area contributed by atoms with Crippen LogP contribution >= 0.6 is 0 Å². The molecule has 1 aromatic carbocycles. The molecule has 0 bridgehead atoms. The normalized spacial score (nSPS) is 27.4. The Morgan fingerprint density at radius 2 is 2.05 bits per heavy atom. The highest BCUT2D eigenvalue weighted by Crippen LogP contribution is 2.49. The Morgan fingerprint density at radius 1 is 1.27 bits per heavy atom. The molecule has 118 valence electrons. The predicted octanol–water partition coefficient (Wildman–Crippen LogP) is 2.48. The van der Waals surface area contributed by atoms with Crippen molar-refractivity contribution < 1.29 is 18.7 Å². The lowest BCUT2D eigenvalue weighted by molar-refractivity contribution is -0.155. The summed E-state index contributed by atoms with van der Waals surface area (Å²) in [6.07, 6.45) is 3.13. The van der Waals surface area contributed by atoms with Crippen LogP contribution in [0.25, 0.3) is 0 Å². The Bertz CT molecular complexity index is 589. The van der Waals surface area contributed by atoms with Gasteiger partial charge in [-0.1, -0.05) is 18.2 Å². The van der Waals surface area contributed by atoms with Crippen LogP contribution in [0.4, 0.5) is 4.39 Å². The molecule has 2 fully saturated rings.